The Balaban J connectivity index is 1.91. The van der Waals surface area contributed by atoms with Crippen LogP contribution in [-0.2, 0) is 18.8 Å². The zero-order chi connectivity index (χ0) is 18.2. The summed E-state index contributed by atoms with van der Waals surface area (Å²) in [6.45, 7) is 9.20. The number of methoxy groups -OCH3 is 1. The van der Waals surface area contributed by atoms with E-state index in [1.54, 1.807) is 12.1 Å². The van der Waals surface area contributed by atoms with Crippen molar-refractivity contribution in [3.8, 4) is 5.75 Å². The van der Waals surface area contributed by atoms with Crippen LogP contribution in [0.1, 0.15) is 44.5 Å². The molecule has 7 heteroatoms. The molecule has 1 aromatic carbocycles. The highest BCUT2D eigenvalue weighted by Gasteiger charge is 2.51. The van der Waals surface area contributed by atoms with Crippen molar-refractivity contribution in [2.75, 3.05) is 20.3 Å². The Kier molecular flexibility index (Phi) is 4.83. The van der Waals surface area contributed by atoms with Crippen LogP contribution in [-0.4, -0.2) is 50.7 Å². The molecule has 1 atom stereocenters. The molecule has 2 heterocycles. The summed E-state index contributed by atoms with van der Waals surface area (Å²) in [4.78, 5) is 12.0. The van der Waals surface area contributed by atoms with Gasteiger partial charge in [-0.2, -0.15) is 0 Å². The van der Waals surface area contributed by atoms with Crippen molar-refractivity contribution < 1.29 is 28.3 Å². The Hall–Kier alpha value is -1.57. The molecule has 0 amide bonds. The highest BCUT2D eigenvalue weighted by atomic mass is 16.7. The Morgan fingerprint density at radius 1 is 1.16 bits per heavy atom. The minimum Gasteiger partial charge on any atom is -0.488 e. The van der Waals surface area contributed by atoms with E-state index >= 15 is 0 Å². The highest BCUT2D eigenvalue weighted by Crippen LogP contribution is 2.36. The Morgan fingerprint density at radius 2 is 1.84 bits per heavy atom. The van der Waals surface area contributed by atoms with E-state index in [2.05, 4.69) is 0 Å². The molecule has 2 saturated heterocycles. The van der Waals surface area contributed by atoms with E-state index in [1.165, 1.54) is 7.11 Å². The minimum atomic E-state index is -0.572. The van der Waals surface area contributed by atoms with Crippen LogP contribution in [0.15, 0.2) is 18.2 Å². The molecule has 0 bridgehead atoms. The van der Waals surface area contributed by atoms with Crippen molar-refractivity contribution in [2.45, 2.75) is 51.4 Å². The van der Waals surface area contributed by atoms with E-state index in [4.69, 9.17) is 23.5 Å². The summed E-state index contributed by atoms with van der Waals surface area (Å²) in [6, 6.07) is 5.26. The fourth-order valence-electron chi connectivity index (χ4n) is 2.84. The molecule has 0 spiro atoms. The maximum atomic E-state index is 12.0. The van der Waals surface area contributed by atoms with E-state index < -0.39 is 24.3 Å². The molecule has 2 fully saturated rings. The van der Waals surface area contributed by atoms with E-state index in [0.717, 1.165) is 11.9 Å². The average Bonchev–Trinajstić information content (AvgIpc) is 3.12. The van der Waals surface area contributed by atoms with Crippen LogP contribution >= 0.6 is 0 Å². The molecule has 136 valence electrons. The quantitative estimate of drug-likeness (QED) is 0.612. The summed E-state index contributed by atoms with van der Waals surface area (Å²) in [5.41, 5.74) is 0.220. The van der Waals surface area contributed by atoms with Crippen molar-refractivity contribution in [3.63, 3.8) is 0 Å². The average molecular weight is 348 g/mol. The van der Waals surface area contributed by atoms with Crippen molar-refractivity contribution in [2.24, 2.45) is 0 Å². The fraction of sp³-hybridized carbons (Fsp3) is 0.611. The number of benzene rings is 1. The first kappa shape index (κ1) is 18.2. The molecule has 0 saturated carbocycles. The first-order valence-electron chi connectivity index (χ1n) is 8.55. The van der Waals surface area contributed by atoms with E-state index in [-0.39, 0.29) is 6.10 Å². The summed E-state index contributed by atoms with van der Waals surface area (Å²) in [7, 11) is 0.784. The van der Waals surface area contributed by atoms with Crippen molar-refractivity contribution in [3.05, 3.63) is 23.8 Å². The van der Waals surface area contributed by atoms with Crippen LogP contribution in [0.3, 0.4) is 0 Å². The summed E-state index contributed by atoms with van der Waals surface area (Å²) in [5.74, 6) is 0.161. The minimum absolute atomic E-state index is 0.0148. The smallest absolute Gasteiger partial charge is 0.488 e. The van der Waals surface area contributed by atoms with Gasteiger partial charge in [-0.3, -0.25) is 0 Å². The molecule has 2 aliphatic heterocycles. The fourth-order valence-corrected chi connectivity index (χ4v) is 2.84. The van der Waals surface area contributed by atoms with E-state index in [0.29, 0.717) is 24.5 Å². The second-order valence-electron chi connectivity index (χ2n) is 7.47. The number of carbonyl (C=O) groups is 1. The van der Waals surface area contributed by atoms with Crippen LogP contribution in [0.25, 0.3) is 0 Å². The monoisotopic (exact) mass is 348 g/mol. The standard InChI is InChI=1S/C18H25BO6/c1-17(2)18(3,4)25-19(24-17)13-8-12(16(20)21-5)9-15(10-13)23-14-6-7-22-11-14/h8-10,14H,6-7,11H2,1-5H3/t14-/m0/s1. The Labute approximate surface area is 148 Å². The van der Waals surface area contributed by atoms with Gasteiger partial charge in [-0.15, -0.1) is 0 Å². The molecule has 6 nitrogen and oxygen atoms in total. The zero-order valence-electron chi connectivity index (χ0n) is 15.5. The van der Waals surface area contributed by atoms with Gasteiger partial charge >= 0.3 is 13.1 Å². The van der Waals surface area contributed by atoms with Gasteiger partial charge in [-0.05, 0) is 51.4 Å². The van der Waals surface area contributed by atoms with Crippen molar-refractivity contribution >= 4 is 18.6 Å². The maximum absolute atomic E-state index is 12.0. The molecule has 0 N–H and O–H groups in total. The van der Waals surface area contributed by atoms with E-state index in [1.807, 2.05) is 33.8 Å². The van der Waals surface area contributed by atoms with Crippen molar-refractivity contribution in [1.82, 2.24) is 0 Å². The normalized spacial score (nSPS) is 24.4. The third-order valence-corrected chi connectivity index (χ3v) is 5.07. The molecular weight excluding hydrogens is 323 g/mol. The molecule has 0 radical (unpaired) electrons. The first-order valence-corrected chi connectivity index (χ1v) is 8.55. The third-order valence-electron chi connectivity index (χ3n) is 5.07. The van der Waals surface area contributed by atoms with Gasteiger partial charge in [0.05, 0.1) is 37.1 Å². The molecule has 25 heavy (non-hydrogen) atoms. The number of hydrogen-bond acceptors (Lipinski definition) is 6. The number of carbonyl (C=O) groups excluding carboxylic acids is 1. The lowest BCUT2D eigenvalue weighted by molar-refractivity contribution is 0.00578. The van der Waals surface area contributed by atoms with Gasteiger partial charge in [0.25, 0.3) is 0 Å². The van der Waals surface area contributed by atoms with Gasteiger partial charge in [-0.1, -0.05) is 0 Å². The lowest BCUT2D eigenvalue weighted by Crippen LogP contribution is -2.41. The highest BCUT2D eigenvalue weighted by molar-refractivity contribution is 6.62. The van der Waals surface area contributed by atoms with Gasteiger partial charge in [-0.25, -0.2) is 4.79 Å². The number of ether oxygens (including phenoxy) is 3. The first-order chi connectivity index (χ1) is 11.7. The van der Waals surface area contributed by atoms with E-state index in [9.17, 15) is 4.79 Å². The van der Waals surface area contributed by atoms with Crippen LogP contribution in [0.4, 0.5) is 0 Å². The SMILES string of the molecule is COC(=O)c1cc(O[C@H]2CCOC2)cc(B2OC(C)(C)C(C)(C)O2)c1. The Morgan fingerprint density at radius 3 is 2.40 bits per heavy atom. The van der Waals surface area contributed by atoms with Crippen LogP contribution < -0.4 is 10.2 Å². The molecule has 0 unspecified atom stereocenters. The van der Waals surface area contributed by atoms with Crippen LogP contribution in [0.2, 0.25) is 0 Å². The largest absolute Gasteiger partial charge is 0.494 e. The molecule has 1 aromatic rings. The molecular formula is C18H25BO6. The number of rotatable bonds is 4. The van der Waals surface area contributed by atoms with Gasteiger partial charge in [0.15, 0.2) is 0 Å². The lowest BCUT2D eigenvalue weighted by atomic mass is 9.78. The molecule has 3 rings (SSSR count). The number of esters is 1. The van der Waals surface area contributed by atoms with Gasteiger partial charge < -0.3 is 23.5 Å². The predicted molar refractivity (Wildman–Crippen MR) is 93.3 cm³/mol. The molecule has 0 aromatic heterocycles. The number of hydrogen-bond donors (Lipinski definition) is 0. The second kappa shape index (κ2) is 6.63. The lowest BCUT2D eigenvalue weighted by Gasteiger charge is -2.32. The van der Waals surface area contributed by atoms with Crippen LogP contribution in [0, 0.1) is 0 Å². The summed E-state index contributed by atoms with van der Waals surface area (Å²) >= 11 is 0. The van der Waals surface area contributed by atoms with Gasteiger partial charge in [0.2, 0.25) is 0 Å². The second-order valence-corrected chi connectivity index (χ2v) is 7.47. The zero-order valence-corrected chi connectivity index (χ0v) is 15.5. The Bertz CT molecular complexity index is 635. The topological polar surface area (TPSA) is 63.2 Å². The van der Waals surface area contributed by atoms with Crippen molar-refractivity contribution in [1.29, 1.82) is 0 Å². The summed E-state index contributed by atoms with van der Waals surface area (Å²) in [6.07, 6.45) is 0.813. The maximum Gasteiger partial charge on any atom is 0.494 e. The summed E-state index contributed by atoms with van der Waals surface area (Å²) < 4.78 is 28.4. The van der Waals surface area contributed by atoms with Crippen LogP contribution in [0.5, 0.6) is 5.75 Å². The van der Waals surface area contributed by atoms with Gasteiger partial charge in [0.1, 0.15) is 11.9 Å². The molecule has 0 aliphatic carbocycles. The van der Waals surface area contributed by atoms with Gasteiger partial charge in [0, 0.05) is 6.42 Å². The molecule has 2 aliphatic rings. The summed E-state index contributed by atoms with van der Waals surface area (Å²) in [5, 5.41) is 0. The predicted octanol–water partition coefficient (Wildman–Crippen LogP) is 1.94. The third kappa shape index (κ3) is 3.68.